The lowest BCUT2D eigenvalue weighted by Crippen LogP contribution is -2.39. The van der Waals surface area contributed by atoms with Gasteiger partial charge >= 0.3 is 0 Å². The highest BCUT2D eigenvalue weighted by Crippen LogP contribution is 2.08. The molecule has 1 aromatic rings. The molecule has 0 aliphatic carbocycles. The van der Waals surface area contributed by atoms with Gasteiger partial charge in [0.2, 0.25) is 0 Å². The van der Waals surface area contributed by atoms with Crippen LogP contribution in [0.3, 0.4) is 0 Å². The van der Waals surface area contributed by atoms with Crippen LogP contribution < -0.4 is 5.73 Å². The third-order valence-corrected chi connectivity index (χ3v) is 3.11. The molecule has 110 valence electrons. The summed E-state index contributed by atoms with van der Waals surface area (Å²) < 4.78 is 0. The summed E-state index contributed by atoms with van der Waals surface area (Å²) in [6.07, 6.45) is 6.71. The van der Waals surface area contributed by atoms with Crippen LogP contribution in [-0.2, 0) is 0 Å². The van der Waals surface area contributed by atoms with E-state index < -0.39 is 0 Å². The minimum atomic E-state index is 0. The fraction of sp³-hybridized carbons (Fsp3) is 0.429. The van der Waals surface area contributed by atoms with E-state index >= 15 is 0 Å². The van der Waals surface area contributed by atoms with E-state index in [0.717, 1.165) is 32.5 Å². The van der Waals surface area contributed by atoms with Gasteiger partial charge in [0.15, 0.2) is 0 Å². The van der Waals surface area contributed by atoms with Crippen molar-refractivity contribution in [2.75, 3.05) is 19.6 Å². The highest BCUT2D eigenvalue weighted by atomic mass is 35.5. The average molecular weight is 307 g/mol. The molecule has 1 heterocycles. The number of likely N-dealkylation sites (tertiary alicyclic amines) is 1. The van der Waals surface area contributed by atoms with E-state index in [-0.39, 0.29) is 30.3 Å². The summed E-state index contributed by atoms with van der Waals surface area (Å²) in [5, 5.41) is 0. The Kier molecular flexibility index (Phi) is 12.3. The lowest BCUT2D eigenvalue weighted by Gasteiger charge is -2.28. The quantitative estimate of drug-likeness (QED) is 0.930. The Balaban J connectivity index is 0. The molecule has 0 bridgehead atoms. The normalized spacial score (nSPS) is 16.3. The van der Waals surface area contributed by atoms with E-state index in [1.807, 2.05) is 6.07 Å². The molecule has 19 heavy (non-hydrogen) atoms. The summed E-state index contributed by atoms with van der Waals surface area (Å²) in [5.41, 5.74) is 7.15. The van der Waals surface area contributed by atoms with Crippen LogP contribution in [-0.4, -0.2) is 36.1 Å². The van der Waals surface area contributed by atoms with E-state index in [1.165, 1.54) is 5.56 Å². The second-order valence-electron chi connectivity index (χ2n) is 4.45. The van der Waals surface area contributed by atoms with Crippen molar-refractivity contribution < 1.29 is 5.48 Å². The Morgan fingerprint density at radius 2 is 1.68 bits per heavy atom. The Morgan fingerprint density at radius 1 is 1.11 bits per heavy atom. The zero-order chi connectivity index (χ0) is 11.2. The van der Waals surface area contributed by atoms with Gasteiger partial charge in [-0.3, -0.25) is 4.90 Å². The van der Waals surface area contributed by atoms with Gasteiger partial charge in [-0.2, -0.15) is 0 Å². The van der Waals surface area contributed by atoms with Crippen molar-refractivity contribution in [3.8, 4) is 0 Å². The van der Waals surface area contributed by atoms with Gasteiger partial charge in [0.1, 0.15) is 0 Å². The van der Waals surface area contributed by atoms with Crippen molar-refractivity contribution >= 4 is 30.9 Å². The molecule has 0 amide bonds. The minimum Gasteiger partial charge on any atom is -0.412 e. The van der Waals surface area contributed by atoms with Gasteiger partial charge < -0.3 is 11.2 Å². The van der Waals surface area contributed by atoms with Gasteiger partial charge in [0.25, 0.3) is 0 Å². The standard InChI is InChI=1S/C14H20N2.2ClH.H2O/c15-14-8-11-16(12-9-14)10-4-7-13-5-2-1-3-6-13;;;/h1-7,14H,8-12,15H2;2*1H;1H2. The second-order valence-corrected chi connectivity index (χ2v) is 4.45. The van der Waals surface area contributed by atoms with Crippen LogP contribution in [0.5, 0.6) is 0 Å². The van der Waals surface area contributed by atoms with Crippen molar-refractivity contribution in [1.82, 2.24) is 4.90 Å². The average Bonchev–Trinajstić information content (AvgIpc) is 2.33. The van der Waals surface area contributed by atoms with E-state index in [2.05, 4.69) is 41.3 Å². The van der Waals surface area contributed by atoms with Crippen LogP contribution >= 0.6 is 24.8 Å². The SMILES string of the molecule is Cl.Cl.NC1CCN(CC=Cc2ccccc2)CC1.O. The summed E-state index contributed by atoms with van der Waals surface area (Å²) >= 11 is 0. The first kappa shape index (κ1) is 20.7. The van der Waals surface area contributed by atoms with Crippen molar-refractivity contribution in [3.05, 3.63) is 42.0 Å². The molecule has 4 N–H and O–H groups in total. The first-order valence-corrected chi connectivity index (χ1v) is 6.04. The predicted molar refractivity (Wildman–Crippen MR) is 87.2 cm³/mol. The van der Waals surface area contributed by atoms with E-state index in [4.69, 9.17) is 5.73 Å². The lowest BCUT2D eigenvalue weighted by atomic mass is 10.1. The van der Waals surface area contributed by atoms with Gasteiger partial charge in [-0.05, 0) is 31.5 Å². The van der Waals surface area contributed by atoms with Crippen LogP contribution in [0.4, 0.5) is 0 Å². The maximum absolute atomic E-state index is 5.87. The number of hydrogen-bond acceptors (Lipinski definition) is 2. The molecule has 0 radical (unpaired) electrons. The fourth-order valence-corrected chi connectivity index (χ4v) is 2.04. The number of halogens is 2. The first-order chi connectivity index (χ1) is 7.84. The third kappa shape index (κ3) is 7.55. The molecular formula is C14H24Cl2N2O. The zero-order valence-corrected chi connectivity index (χ0v) is 12.6. The van der Waals surface area contributed by atoms with Crippen molar-refractivity contribution in [3.63, 3.8) is 0 Å². The molecule has 1 saturated heterocycles. The molecule has 0 spiro atoms. The molecule has 0 saturated carbocycles. The number of piperidine rings is 1. The zero-order valence-electron chi connectivity index (χ0n) is 11.0. The number of benzene rings is 1. The molecule has 3 nitrogen and oxygen atoms in total. The maximum Gasteiger partial charge on any atom is 0.0166 e. The Labute approximate surface area is 128 Å². The molecule has 1 aliphatic heterocycles. The van der Waals surface area contributed by atoms with Crippen LogP contribution in [0.25, 0.3) is 6.08 Å². The van der Waals surface area contributed by atoms with Crippen molar-refractivity contribution in [1.29, 1.82) is 0 Å². The van der Waals surface area contributed by atoms with E-state index in [9.17, 15) is 0 Å². The molecule has 0 unspecified atom stereocenters. The van der Waals surface area contributed by atoms with Crippen LogP contribution in [0.2, 0.25) is 0 Å². The van der Waals surface area contributed by atoms with Gasteiger partial charge in [-0.25, -0.2) is 0 Å². The Morgan fingerprint density at radius 3 is 2.26 bits per heavy atom. The smallest absolute Gasteiger partial charge is 0.0166 e. The third-order valence-electron chi connectivity index (χ3n) is 3.11. The molecule has 1 aromatic carbocycles. The fourth-order valence-electron chi connectivity index (χ4n) is 2.04. The second kappa shape index (κ2) is 11.3. The highest BCUT2D eigenvalue weighted by Gasteiger charge is 2.13. The summed E-state index contributed by atoms with van der Waals surface area (Å²) in [4.78, 5) is 2.46. The molecule has 5 heteroatoms. The first-order valence-electron chi connectivity index (χ1n) is 6.04. The summed E-state index contributed by atoms with van der Waals surface area (Å²) in [5.74, 6) is 0. The van der Waals surface area contributed by atoms with Gasteiger partial charge in [-0.15, -0.1) is 24.8 Å². The van der Waals surface area contributed by atoms with E-state index in [1.54, 1.807) is 0 Å². The molecule has 1 aliphatic rings. The lowest BCUT2D eigenvalue weighted by molar-refractivity contribution is 0.234. The Hall–Kier alpha value is -0.580. The number of rotatable bonds is 3. The highest BCUT2D eigenvalue weighted by molar-refractivity contribution is 5.85. The number of nitrogens with zero attached hydrogens (tertiary/aromatic N) is 1. The largest absolute Gasteiger partial charge is 0.412 e. The minimum absolute atomic E-state index is 0. The molecule has 0 atom stereocenters. The van der Waals surface area contributed by atoms with Crippen molar-refractivity contribution in [2.24, 2.45) is 5.73 Å². The summed E-state index contributed by atoms with van der Waals surface area (Å²) in [7, 11) is 0. The molecule has 2 rings (SSSR count). The maximum atomic E-state index is 5.87. The molecule has 0 aromatic heterocycles. The topological polar surface area (TPSA) is 60.8 Å². The van der Waals surface area contributed by atoms with Crippen LogP contribution in [0, 0.1) is 0 Å². The molecular weight excluding hydrogens is 283 g/mol. The van der Waals surface area contributed by atoms with Gasteiger partial charge in [0.05, 0.1) is 0 Å². The van der Waals surface area contributed by atoms with Gasteiger partial charge in [0, 0.05) is 12.6 Å². The predicted octanol–water partition coefficient (Wildman–Crippen LogP) is 2.14. The Bertz CT molecular complexity index is 339. The van der Waals surface area contributed by atoms with Gasteiger partial charge in [-0.1, -0.05) is 42.5 Å². The van der Waals surface area contributed by atoms with Crippen molar-refractivity contribution in [2.45, 2.75) is 18.9 Å². The summed E-state index contributed by atoms with van der Waals surface area (Å²) in [6, 6.07) is 10.9. The van der Waals surface area contributed by atoms with Crippen LogP contribution in [0.1, 0.15) is 18.4 Å². The monoisotopic (exact) mass is 306 g/mol. The summed E-state index contributed by atoms with van der Waals surface area (Å²) in [6.45, 7) is 3.32. The molecule has 1 fully saturated rings. The van der Waals surface area contributed by atoms with Crippen LogP contribution in [0.15, 0.2) is 36.4 Å². The number of hydrogen-bond donors (Lipinski definition) is 1. The van der Waals surface area contributed by atoms with E-state index in [0.29, 0.717) is 6.04 Å². The number of nitrogens with two attached hydrogens (primary N) is 1.